The third kappa shape index (κ3) is 4.12. The van der Waals surface area contributed by atoms with E-state index in [1.54, 1.807) is 12.3 Å². The summed E-state index contributed by atoms with van der Waals surface area (Å²) in [4.78, 5) is 21.4. The predicted molar refractivity (Wildman–Crippen MR) is 106 cm³/mol. The Kier molecular flexibility index (Phi) is 5.21. The van der Waals surface area contributed by atoms with Crippen molar-refractivity contribution >= 4 is 5.69 Å². The Hall–Kier alpha value is -3.00. The van der Waals surface area contributed by atoms with E-state index in [1.807, 2.05) is 31.2 Å². The van der Waals surface area contributed by atoms with Gasteiger partial charge < -0.3 is 14.3 Å². The van der Waals surface area contributed by atoms with Crippen LogP contribution in [0.25, 0.3) is 11.5 Å². The monoisotopic (exact) mass is 380 g/mol. The van der Waals surface area contributed by atoms with Crippen LogP contribution in [0.2, 0.25) is 0 Å². The summed E-state index contributed by atoms with van der Waals surface area (Å²) in [7, 11) is 2.12. The predicted octanol–water partition coefficient (Wildman–Crippen LogP) is 1.79. The fourth-order valence-corrected chi connectivity index (χ4v) is 3.29. The standard InChI is InChI=1S/C20H24N6O2/c1-15-4-6-16(7-5-15)20-22-18(23-28-20)14-26-19(27)12-17(13-21-26)25-9-3-8-24(2)10-11-25/h4-7,12-13H,3,8-11,14H2,1-2H3. The highest BCUT2D eigenvalue weighted by molar-refractivity contribution is 5.53. The molecule has 1 saturated heterocycles. The lowest BCUT2D eigenvalue weighted by Crippen LogP contribution is -2.31. The Balaban J connectivity index is 1.48. The zero-order valence-corrected chi connectivity index (χ0v) is 16.2. The highest BCUT2D eigenvalue weighted by atomic mass is 16.5. The van der Waals surface area contributed by atoms with Gasteiger partial charge in [-0.15, -0.1) is 0 Å². The number of aromatic nitrogens is 4. The summed E-state index contributed by atoms with van der Waals surface area (Å²) in [6.07, 6.45) is 2.82. The molecule has 0 unspecified atom stereocenters. The maximum Gasteiger partial charge on any atom is 0.269 e. The molecule has 3 aromatic rings. The molecule has 0 bridgehead atoms. The number of hydrogen-bond acceptors (Lipinski definition) is 7. The van der Waals surface area contributed by atoms with E-state index in [4.69, 9.17) is 4.52 Å². The van der Waals surface area contributed by atoms with Crippen molar-refractivity contribution in [1.82, 2.24) is 24.8 Å². The number of hydrogen-bond donors (Lipinski definition) is 0. The Labute approximate surface area is 163 Å². The second kappa shape index (κ2) is 7.93. The molecule has 4 rings (SSSR count). The molecule has 0 spiro atoms. The van der Waals surface area contributed by atoms with Crippen LogP contribution < -0.4 is 10.5 Å². The summed E-state index contributed by atoms with van der Waals surface area (Å²) in [6.45, 7) is 6.08. The van der Waals surface area contributed by atoms with Gasteiger partial charge in [0.15, 0.2) is 5.82 Å². The summed E-state index contributed by atoms with van der Waals surface area (Å²) in [6, 6.07) is 9.49. The highest BCUT2D eigenvalue weighted by Crippen LogP contribution is 2.18. The van der Waals surface area contributed by atoms with Gasteiger partial charge in [0.1, 0.15) is 6.54 Å². The lowest BCUT2D eigenvalue weighted by molar-refractivity contribution is 0.360. The SMILES string of the molecule is Cc1ccc(-c2nc(Cn3ncc(N4CCCN(C)CC4)cc3=O)no2)cc1. The third-order valence-electron chi connectivity index (χ3n) is 5.00. The van der Waals surface area contributed by atoms with Gasteiger partial charge in [0, 0.05) is 31.3 Å². The Morgan fingerprint density at radius 3 is 2.71 bits per heavy atom. The largest absolute Gasteiger partial charge is 0.369 e. The average molecular weight is 380 g/mol. The van der Waals surface area contributed by atoms with Crippen LogP contribution in [-0.4, -0.2) is 58.0 Å². The Morgan fingerprint density at radius 2 is 1.93 bits per heavy atom. The van der Waals surface area contributed by atoms with Crippen molar-refractivity contribution in [3.05, 3.63) is 58.3 Å². The van der Waals surface area contributed by atoms with Gasteiger partial charge in [-0.3, -0.25) is 4.79 Å². The van der Waals surface area contributed by atoms with Gasteiger partial charge in [0.2, 0.25) is 0 Å². The molecule has 146 valence electrons. The van der Waals surface area contributed by atoms with E-state index in [0.29, 0.717) is 11.7 Å². The van der Waals surface area contributed by atoms with Gasteiger partial charge in [0.05, 0.1) is 11.9 Å². The van der Waals surface area contributed by atoms with Crippen LogP contribution in [-0.2, 0) is 6.54 Å². The summed E-state index contributed by atoms with van der Waals surface area (Å²) >= 11 is 0. The van der Waals surface area contributed by atoms with Gasteiger partial charge >= 0.3 is 0 Å². The van der Waals surface area contributed by atoms with Crippen molar-refractivity contribution in [1.29, 1.82) is 0 Å². The second-order valence-electron chi connectivity index (χ2n) is 7.24. The normalized spacial score (nSPS) is 15.6. The molecule has 0 atom stereocenters. The van der Waals surface area contributed by atoms with Crippen LogP contribution in [0.3, 0.4) is 0 Å². The summed E-state index contributed by atoms with van der Waals surface area (Å²) in [5.41, 5.74) is 2.71. The molecule has 0 radical (unpaired) electrons. The topological polar surface area (TPSA) is 80.3 Å². The lowest BCUT2D eigenvalue weighted by Gasteiger charge is -2.22. The number of aryl methyl sites for hydroxylation is 1. The third-order valence-corrected chi connectivity index (χ3v) is 5.00. The molecule has 1 aromatic carbocycles. The molecule has 8 nitrogen and oxygen atoms in total. The number of anilines is 1. The van der Waals surface area contributed by atoms with E-state index in [1.165, 1.54) is 4.68 Å². The van der Waals surface area contributed by atoms with Gasteiger partial charge in [-0.1, -0.05) is 22.9 Å². The van der Waals surface area contributed by atoms with Crippen LogP contribution in [0.5, 0.6) is 0 Å². The molecule has 3 heterocycles. The first kappa shape index (κ1) is 18.4. The Morgan fingerprint density at radius 1 is 1.11 bits per heavy atom. The fourth-order valence-electron chi connectivity index (χ4n) is 3.29. The van der Waals surface area contributed by atoms with E-state index in [0.717, 1.165) is 49.4 Å². The van der Waals surface area contributed by atoms with Gasteiger partial charge in [-0.25, -0.2) is 4.68 Å². The molecule has 2 aromatic heterocycles. The maximum atomic E-state index is 12.5. The number of likely N-dealkylation sites (N-methyl/N-ethyl adjacent to an activating group) is 1. The van der Waals surface area contributed by atoms with Crippen LogP contribution in [0, 0.1) is 6.92 Å². The zero-order chi connectivity index (χ0) is 19.5. The van der Waals surface area contributed by atoms with Gasteiger partial charge in [-0.2, -0.15) is 10.1 Å². The number of rotatable bonds is 4. The molecule has 8 heteroatoms. The van der Waals surface area contributed by atoms with Crippen molar-refractivity contribution in [2.75, 3.05) is 38.1 Å². The van der Waals surface area contributed by atoms with Crippen molar-refractivity contribution < 1.29 is 4.52 Å². The fraction of sp³-hybridized carbons (Fsp3) is 0.400. The molecule has 0 saturated carbocycles. The minimum atomic E-state index is -0.170. The minimum Gasteiger partial charge on any atom is -0.369 e. The van der Waals surface area contributed by atoms with E-state index in [9.17, 15) is 4.79 Å². The quantitative estimate of drug-likeness (QED) is 0.683. The zero-order valence-electron chi connectivity index (χ0n) is 16.2. The van der Waals surface area contributed by atoms with Crippen molar-refractivity contribution in [3.8, 4) is 11.5 Å². The first-order valence-electron chi connectivity index (χ1n) is 9.49. The van der Waals surface area contributed by atoms with Gasteiger partial charge in [0.25, 0.3) is 11.4 Å². The molecule has 0 N–H and O–H groups in total. The molecule has 0 amide bonds. The summed E-state index contributed by atoms with van der Waals surface area (Å²) < 4.78 is 6.69. The van der Waals surface area contributed by atoms with E-state index < -0.39 is 0 Å². The second-order valence-corrected chi connectivity index (χ2v) is 7.24. The van der Waals surface area contributed by atoms with Crippen molar-refractivity contribution in [2.24, 2.45) is 0 Å². The summed E-state index contributed by atoms with van der Waals surface area (Å²) in [5, 5.41) is 8.30. The van der Waals surface area contributed by atoms with E-state index in [-0.39, 0.29) is 12.1 Å². The molecule has 28 heavy (non-hydrogen) atoms. The molecule has 0 aliphatic carbocycles. The molecular weight excluding hydrogens is 356 g/mol. The smallest absolute Gasteiger partial charge is 0.269 e. The maximum absolute atomic E-state index is 12.5. The molecule has 1 aliphatic rings. The Bertz CT molecular complexity index is 994. The van der Waals surface area contributed by atoms with Crippen LogP contribution in [0.4, 0.5) is 5.69 Å². The molecule has 1 aliphatic heterocycles. The average Bonchev–Trinajstić information content (AvgIpc) is 3.04. The van der Waals surface area contributed by atoms with E-state index >= 15 is 0 Å². The first-order valence-corrected chi connectivity index (χ1v) is 9.49. The number of benzene rings is 1. The van der Waals surface area contributed by atoms with Crippen molar-refractivity contribution in [3.63, 3.8) is 0 Å². The van der Waals surface area contributed by atoms with Crippen molar-refractivity contribution in [2.45, 2.75) is 19.9 Å². The minimum absolute atomic E-state index is 0.170. The van der Waals surface area contributed by atoms with Crippen LogP contribution in [0.15, 0.2) is 45.8 Å². The lowest BCUT2D eigenvalue weighted by atomic mass is 10.1. The van der Waals surface area contributed by atoms with Crippen LogP contribution >= 0.6 is 0 Å². The molecular formula is C20H24N6O2. The van der Waals surface area contributed by atoms with Gasteiger partial charge in [-0.05, 0) is 39.1 Å². The first-order chi connectivity index (χ1) is 13.6. The summed E-state index contributed by atoms with van der Waals surface area (Å²) in [5.74, 6) is 0.864. The highest BCUT2D eigenvalue weighted by Gasteiger charge is 2.15. The number of nitrogens with zero attached hydrogens (tertiary/aromatic N) is 6. The van der Waals surface area contributed by atoms with Crippen LogP contribution in [0.1, 0.15) is 17.8 Å². The molecule has 1 fully saturated rings. The van der Waals surface area contributed by atoms with E-state index in [2.05, 4.69) is 32.1 Å².